The molecule has 0 saturated heterocycles. The van der Waals surface area contributed by atoms with Gasteiger partial charge in [0.15, 0.2) is 0 Å². The maximum Gasteiger partial charge on any atom is 0.206 e. The summed E-state index contributed by atoms with van der Waals surface area (Å²) in [6.07, 6.45) is 1.57. The van der Waals surface area contributed by atoms with Gasteiger partial charge in [-0.3, -0.25) is 4.98 Å². The summed E-state index contributed by atoms with van der Waals surface area (Å²) in [4.78, 5) is 4.87. The number of aromatic nitrogens is 1. The van der Waals surface area contributed by atoms with E-state index in [2.05, 4.69) is 18.1 Å². The first-order valence-electron chi connectivity index (χ1n) is 5.58. The minimum atomic E-state index is -3.42. The van der Waals surface area contributed by atoms with Crippen LogP contribution in [0.25, 0.3) is 0 Å². The lowest BCUT2D eigenvalue weighted by Crippen LogP contribution is -2.26. The van der Waals surface area contributed by atoms with E-state index >= 15 is 0 Å². The van der Waals surface area contributed by atoms with Gasteiger partial charge in [0.1, 0.15) is 8.80 Å². The van der Waals surface area contributed by atoms with Gasteiger partial charge < -0.3 is 0 Å². The number of hydrogen-bond donors (Lipinski definition) is 0. The van der Waals surface area contributed by atoms with Crippen molar-refractivity contribution < 1.29 is 8.42 Å². The quantitative estimate of drug-likeness (QED) is 0.804. The molecule has 0 aliphatic rings. The molecule has 0 spiro atoms. The van der Waals surface area contributed by atoms with E-state index in [4.69, 9.17) is 0 Å². The first-order valence-corrected chi connectivity index (χ1v) is 9.57. The van der Waals surface area contributed by atoms with Crippen molar-refractivity contribution in [2.75, 3.05) is 0 Å². The number of hydrogen-bond acceptors (Lipinski definition) is 3. The van der Waals surface area contributed by atoms with E-state index in [1.807, 2.05) is 0 Å². The van der Waals surface area contributed by atoms with Crippen LogP contribution in [0.2, 0.25) is 13.1 Å². The average Bonchev–Trinajstić information content (AvgIpc) is 2.40. The van der Waals surface area contributed by atoms with E-state index in [1.54, 1.807) is 48.7 Å². The SMILES string of the molecule is C[Si](C)c1cc(S(=O)(=O)c2ccccc2)ccn1. The number of nitrogens with zero attached hydrogens (tertiary/aromatic N) is 1. The molecule has 18 heavy (non-hydrogen) atoms. The van der Waals surface area contributed by atoms with Gasteiger partial charge in [0.2, 0.25) is 9.84 Å². The highest BCUT2D eigenvalue weighted by Crippen LogP contribution is 2.18. The fourth-order valence-electron chi connectivity index (χ4n) is 1.59. The second kappa shape index (κ2) is 5.03. The summed E-state index contributed by atoms with van der Waals surface area (Å²) in [5.74, 6) is 0. The van der Waals surface area contributed by atoms with Gasteiger partial charge in [-0.1, -0.05) is 31.3 Å². The van der Waals surface area contributed by atoms with Crippen LogP contribution in [0.3, 0.4) is 0 Å². The molecule has 0 aliphatic heterocycles. The second-order valence-electron chi connectivity index (χ2n) is 4.19. The Morgan fingerprint density at radius 3 is 2.28 bits per heavy atom. The zero-order valence-electron chi connectivity index (χ0n) is 10.3. The third kappa shape index (κ3) is 2.52. The van der Waals surface area contributed by atoms with Gasteiger partial charge >= 0.3 is 0 Å². The minimum Gasteiger partial charge on any atom is -0.266 e. The molecule has 0 saturated carbocycles. The molecule has 5 heteroatoms. The standard InChI is InChI=1S/C13H14NO2SSi/c1-18(2)13-10-12(8-9-14-13)17(15,16)11-6-4-3-5-7-11/h3-10H,1-2H3. The van der Waals surface area contributed by atoms with Crippen molar-refractivity contribution in [1.82, 2.24) is 4.98 Å². The van der Waals surface area contributed by atoms with Crippen molar-refractivity contribution in [3.63, 3.8) is 0 Å². The lowest BCUT2D eigenvalue weighted by atomic mass is 10.4. The minimum absolute atomic E-state index is 0.322. The van der Waals surface area contributed by atoms with Gasteiger partial charge in [0.25, 0.3) is 0 Å². The number of rotatable bonds is 3. The summed E-state index contributed by atoms with van der Waals surface area (Å²) >= 11 is 0. The fraction of sp³-hybridized carbons (Fsp3) is 0.154. The van der Waals surface area contributed by atoms with Crippen LogP contribution < -0.4 is 5.32 Å². The maximum absolute atomic E-state index is 12.4. The average molecular weight is 276 g/mol. The molecule has 2 aromatic rings. The third-order valence-corrected chi connectivity index (χ3v) is 5.67. The van der Waals surface area contributed by atoms with Gasteiger partial charge in [-0.25, -0.2) is 8.42 Å². The molecule has 1 aromatic heterocycles. The van der Waals surface area contributed by atoms with Crippen LogP contribution in [0.15, 0.2) is 58.5 Å². The van der Waals surface area contributed by atoms with Crippen LogP contribution in [0, 0.1) is 0 Å². The Morgan fingerprint density at radius 1 is 1.00 bits per heavy atom. The molecule has 93 valence electrons. The highest BCUT2D eigenvalue weighted by molar-refractivity contribution is 7.91. The zero-order chi connectivity index (χ0) is 13.2. The van der Waals surface area contributed by atoms with Crippen molar-refractivity contribution in [3.8, 4) is 0 Å². The smallest absolute Gasteiger partial charge is 0.206 e. The van der Waals surface area contributed by atoms with Gasteiger partial charge in [-0.2, -0.15) is 0 Å². The normalized spacial score (nSPS) is 11.7. The van der Waals surface area contributed by atoms with Crippen LogP contribution in [0.4, 0.5) is 0 Å². The summed E-state index contributed by atoms with van der Waals surface area (Å²) in [6, 6.07) is 11.7. The summed E-state index contributed by atoms with van der Waals surface area (Å²) in [5, 5.41) is 0.886. The van der Waals surface area contributed by atoms with E-state index in [9.17, 15) is 8.42 Å². The van der Waals surface area contributed by atoms with Crippen molar-refractivity contribution in [2.45, 2.75) is 22.9 Å². The summed E-state index contributed by atoms with van der Waals surface area (Å²) in [7, 11) is -4.17. The molecule has 0 atom stereocenters. The van der Waals surface area contributed by atoms with Gasteiger partial charge in [0, 0.05) is 11.5 Å². The van der Waals surface area contributed by atoms with E-state index < -0.39 is 18.6 Å². The molecule has 1 aromatic carbocycles. The molecule has 0 unspecified atom stereocenters. The highest BCUT2D eigenvalue weighted by Gasteiger charge is 2.18. The van der Waals surface area contributed by atoms with Crippen LogP contribution in [-0.2, 0) is 9.84 Å². The summed E-state index contributed by atoms with van der Waals surface area (Å²) < 4.78 is 24.8. The Kier molecular flexibility index (Phi) is 3.63. The highest BCUT2D eigenvalue weighted by atomic mass is 32.2. The molecule has 3 nitrogen and oxygen atoms in total. The molecule has 1 heterocycles. The van der Waals surface area contributed by atoms with Crippen molar-refractivity contribution >= 4 is 24.0 Å². The molecular formula is C13H14NO2SSi. The summed E-state index contributed by atoms with van der Waals surface area (Å²) in [6.45, 7) is 4.18. The Bertz CT molecular complexity index is 639. The first-order chi connectivity index (χ1) is 8.51. The first kappa shape index (κ1) is 13.0. The van der Waals surface area contributed by atoms with E-state index in [0.29, 0.717) is 9.79 Å². The monoisotopic (exact) mass is 276 g/mol. The van der Waals surface area contributed by atoms with E-state index in [-0.39, 0.29) is 0 Å². The third-order valence-electron chi connectivity index (χ3n) is 2.61. The van der Waals surface area contributed by atoms with Crippen molar-refractivity contribution in [1.29, 1.82) is 0 Å². The van der Waals surface area contributed by atoms with Crippen LogP contribution in [-0.4, -0.2) is 22.2 Å². The fourth-order valence-corrected chi connectivity index (χ4v) is 3.76. The second-order valence-corrected chi connectivity index (χ2v) is 8.66. The molecule has 0 N–H and O–H groups in total. The topological polar surface area (TPSA) is 47.0 Å². The largest absolute Gasteiger partial charge is 0.266 e. The van der Waals surface area contributed by atoms with Crippen molar-refractivity contribution in [2.24, 2.45) is 0 Å². The van der Waals surface area contributed by atoms with E-state index in [1.165, 1.54) is 0 Å². The number of sulfone groups is 1. The molecule has 0 fully saturated rings. The van der Waals surface area contributed by atoms with Gasteiger partial charge in [0.05, 0.1) is 9.79 Å². The molecule has 0 aliphatic carbocycles. The van der Waals surface area contributed by atoms with Gasteiger partial charge in [-0.15, -0.1) is 0 Å². The Hall–Kier alpha value is -1.46. The predicted octanol–water partition coefficient (Wildman–Crippen LogP) is 1.88. The Labute approximate surface area is 109 Å². The van der Waals surface area contributed by atoms with Crippen LogP contribution >= 0.6 is 0 Å². The molecule has 0 bridgehead atoms. The number of benzene rings is 1. The summed E-state index contributed by atoms with van der Waals surface area (Å²) in [5.41, 5.74) is 0. The molecular weight excluding hydrogens is 262 g/mol. The van der Waals surface area contributed by atoms with E-state index in [0.717, 1.165) is 5.32 Å². The molecule has 2 rings (SSSR count). The lowest BCUT2D eigenvalue weighted by Gasteiger charge is -2.07. The van der Waals surface area contributed by atoms with Crippen LogP contribution in [0.1, 0.15) is 0 Å². The zero-order valence-corrected chi connectivity index (χ0v) is 12.1. The van der Waals surface area contributed by atoms with Crippen molar-refractivity contribution in [3.05, 3.63) is 48.7 Å². The number of pyridine rings is 1. The Morgan fingerprint density at radius 2 is 1.67 bits per heavy atom. The van der Waals surface area contributed by atoms with Gasteiger partial charge in [-0.05, 0) is 24.3 Å². The maximum atomic E-state index is 12.4. The Balaban J connectivity index is 2.52. The predicted molar refractivity (Wildman–Crippen MR) is 73.2 cm³/mol. The lowest BCUT2D eigenvalue weighted by molar-refractivity contribution is 0.596. The molecule has 0 amide bonds. The molecule has 1 radical (unpaired) electrons. The van der Waals surface area contributed by atoms with Crippen LogP contribution in [0.5, 0.6) is 0 Å².